The SMILES string of the molecule is CCCNCc1cccc(F)c1N(C)C1CCCC(C)C1. The van der Waals surface area contributed by atoms with E-state index in [-0.39, 0.29) is 5.82 Å². The molecule has 2 nitrogen and oxygen atoms in total. The van der Waals surface area contributed by atoms with Crippen molar-refractivity contribution >= 4 is 5.69 Å². The van der Waals surface area contributed by atoms with Gasteiger partial charge in [0, 0.05) is 19.6 Å². The van der Waals surface area contributed by atoms with Gasteiger partial charge in [0.2, 0.25) is 0 Å². The van der Waals surface area contributed by atoms with Crippen molar-refractivity contribution < 1.29 is 4.39 Å². The van der Waals surface area contributed by atoms with E-state index < -0.39 is 0 Å². The van der Waals surface area contributed by atoms with Gasteiger partial charge in [-0.1, -0.05) is 38.8 Å². The van der Waals surface area contributed by atoms with Crippen molar-refractivity contribution in [3.63, 3.8) is 0 Å². The molecule has 2 unspecified atom stereocenters. The molecule has 1 aromatic carbocycles. The Morgan fingerprint density at radius 1 is 1.33 bits per heavy atom. The summed E-state index contributed by atoms with van der Waals surface area (Å²) in [6, 6.07) is 5.92. The van der Waals surface area contributed by atoms with Crippen molar-refractivity contribution in [2.75, 3.05) is 18.5 Å². The van der Waals surface area contributed by atoms with Gasteiger partial charge in [0.15, 0.2) is 0 Å². The fourth-order valence-electron chi connectivity index (χ4n) is 3.43. The van der Waals surface area contributed by atoms with Gasteiger partial charge in [-0.2, -0.15) is 0 Å². The standard InChI is InChI=1S/C18H29FN2/c1-4-11-20-13-15-8-6-10-17(19)18(15)21(3)16-9-5-7-14(2)12-16/h6,8,10,14,16,20H,4-5,7,9,11-13H2,1-3H3. The summed E-state index contributed by atoms with van der Waals surface area (Å²) in [5, 5.41) is 3.39. The minimum atomic E-state index is -0.0912. The zero-order valence-electron chi connectivity index (χ0n) is 13.7. The average molecular weight is 292 g/mol. The van der Waals surface area contributed by atoms with Crippen LogP contribution in [0, 0.1) is 11.7 Å². The molecule has 118 valence electrons. The Morgan fingerprint density at radius 2 is 2.14 bits per heavy atom. The molecule has 1 saturated carbocycles. The van der Waals surface area contributed by atoms with Crippen LogP contribution in [0.5, 0.6) is 0 Å². The first kappa shape index (κ1) is 16.3. The summed E-state index contributed by atoms with van der Waals surface area (Å²) < 4.78 is 14.4. The molecule has 0 bridgehead atoms. The second-order valence-corrected chi connectivity index (χ2v) is 6.46. The van der Waals surface area contributed by atoms with Gasteiger partial charge < -0.3 is 10.2 Å². The quantitative estimate of drug-likeness (QED) is 0.785. The molecular weight excluding hydrogens is 263 g/mol. The van der Waals surface area contributed by atoms with E-state index in [0.717, 1.165) is 36.7 Å². The molecule has 0 heterocycles. The molecule has 0 spiro atoms. The van der Waals surface area contributed by atoms with E-state index in [1.165, 1.54) is 25.7 Å². The van der Waals surface area contributed by atoms with Crippen LogP contribution in [-0.2, 0) is 6.54 Å². The van der Waals surface area contributed by atoms with Gasteiger partial charge in [0.1, 0.15) is 5.82 Å². The van der Waals surface area contributed by atoms with Gasteiger partial charge in [-0.15, -0.1) is 0 Å². The Labute approximate surface area is 128 Å². The number of halogens is 1. The number of hydrogen-bond acceptors (Lipinski definition) is 2. The molecule has 3 heteroatoms. The maximum Gasteiger partial charge on any atom is 0.146 e. The first-order valence-corrected chi connectivity index (χ1v) is 8.34. The number of anilines is 1. The third-order valence-electron chi connectivity index (χ3n) is 4.62. The molecule has 1 aliphatic carbocycles. The number of rotatable bonds is 6. The molecule has 0 radical (unpaired) electrons. The van der Waals surface area contributed by atoms with E-state index >= 15 is 0 Å². The topological polar surface area (TPSA) is 15.3 Å². The van der Waals surface area contributed by atoms with E-state index in [0.29, 0.717) is 6.04 Å². The maximum atomic E-state index is 14.4. The minimum absolute atomic E-state index is 0.0912. The minimum Gasteiger partial charge on any atom is -0.369 e. The zero-order chi connectivity index (χ0) is 15.2. The Morgan fingerprint density at radius 3 is 2.86 bits per heavy atom. The van der Waals surface area contributed by atoms with Crippen molar-refractivity contribution in [2.45, 2.75) is 58.5 Å². The van der Waals surface area contributed by atoms with Gasteiger partial charge in [0.25, 0.3) is 0 Å². The Bertz CT molecular complexity index is 447. The third-order valence-corrected chi connectivity index (χ3v) is 4.62. The third kappa shape index (κ3) is 4.19. The van der Waals surface area contributed by atoms with E-state index in [1.807, 2.05) is 12.1 Å². The van der Waals surface area contributed by atoms with Crippen LogP contribution in [0.25, 0.3) is 0 Å². The van der Waals surface area contributed by atoms with Gasteiger partial charge in [-0.05, 0) is 43.4 Å². The second kappa shape index (κ2) is 7.79. The predicted molar refractivity (Wildman–Crippen MR) is 88.2 cm³/mol. The normalized spacial score (nSPS) is 22.3. The molecule has 0 amide bonds. The predicted octanol–water partition coefficient (Wildman–Crippen LogP) is 4.34. The highest BCUT2D eigenvalue weighted by Crippen LogP contribution is 2.32. The second-order valence-electron chi connectivity index (χ2n) is 6.46. The Kier molecular flexibility index (Phi) is 6.04. The monoisotopic (exact) mass is 292 g/mol. The molecule has 1 aromatic rings. The maximum absolute atomic E-state index is 14.4. The molecule has 2 rings (SSSR count). The largest absolute Gasteiger partial charge is 0.369 e. The highest BCUT2D eigenvalue weighted by molar-refractivity contribution is 5.55. The van der Waals surface area contributed by atoms with Gasteiger partial charge in [-0.25, -0.2) is 4.39 Å². The fraction of sp³-hybridized carbons (Fsp3) is 0.667. The Hall–Kier alpha value is -1.09. The highest BCUT2D eigenvalue weighted by Gasteiger charge is 2.25. The van der Waals surface area contributed by atoms with Crippen LogP contribution >= 0.6 is 0 Å². The number of hydrogen-bond donors (Lipinski definition) is 1. The van der Waals surface area contributed by atoms with Gasteiger partial charge in [-0.3, -0.25) is 0 Å². The summed E-state index contributed by atoms with van der Waals surface area (Å²) in [6.07, 6.45) is 6.02. The van der Waals surface area contributed by atoms with E-state index in [9.17, 15) is 4.39 Å². The summed E-state index contributed by atoms with van der Waals surface area (Å²) in [5.74, 6) is 0.658. The molecule has 0 saturated heterocycles. The van der Waals surface area contributed by atoms with Crippen LogP contribution in [0.4, 0.5) is 10.1 Å². The van der Waals surface area contributed by atoms with Gasteiger partial charge in [0.05, 0.1) is 5.69 Å². The van der Waals surface area contributed by atoms with E-state index in [2.05, 4.69) is 31.1 Å². The first-order valence-electron chi connectivity index (χ1n) is 8.34. The fourth-order valence-corrected chi connectivity index (χ4v) is 3.43. The first-order chi connectivity index (χ1) is 10.1. The molecule has 1 fully saturated rings. The molecule has 2 atom stereocenters. The van der Waals surface area contributed by atoms with Crippen LogP contribution in [0.3, 0.4) is 0 Å². The van der Waals surface area contributed by atoms with Gasteiger partial charge >= 0.3 is 0 Å². The molecule has 21 heavy (non-hydrogen) atoms. The van der Waals surface area contributed by atoms with Crippen LogP contribution < -0.4 is 10.2 Å². The molecule has 0 aromatic heterocycles. The number of para-hydroxylation sites is 1. The van der Waals surface area contributed by atoms with Crippen molar-refractivity contribution in [2.24, 2.45) is 5.92 Å². The van der Waals surface area contributed by atoms with Crippen molar-refractivity contribution in [3.8, 4) is 0 Å². The lowest BCUT2D eigenvalue weighted by atomic mass is 9.86. The van der Waals surface area contributed by atoms with Crippen LogP contribution in [0.15, 0.2) is 18.2 Å². The number of nitrogens with one attached hydrogen (secondary N) is 1. The van der Waals surface area contributed by atoms with Crippen LogP contribution in [0.2, 0.25) is 0 Å². The smallest absolute Gasteiger partial charge is 0.146 e. The highest BCUT2D eigenvalue weighted by atomic mass is 19.1. The summed E-state index contributed by atoms with van der Waals surface area (Å²) >= 11 is 0. The van der Waals surface area contributed by atoms with Crippen LogP contribution in [0.1, 0.15) is 51.5 Å². The lowest BCUT2D eigenvalue weighted by Gasteiger charge is -2.36. The zero-order valence-corrected chi connectivity index (χ0v) is 13.7. The van der Waals surface area contributed by atoms with E-state index in [1.54, 1.807) is 6.07 Å². The lowest BCUT2D eigenvalue weighted by Crippen LogP contribution is -2.37. The van der Waals surface area contributed by atoms with Crippen molar-refractivity contribution in [1.29, 1.82) is 0 Å². The molecular formula is C18H29FN2. The summed E-state index contributed by atoms with van der Waals surface area (Å²) in [7, 11) is 2.06. The van der Waals surface area contributed by atoms with E-state index in [4.69, 9.17) is 0 Å². The molecule has 1 N–H and O–H groups in total. The van der Waals surface area contributed by atoms with Crippen LogP contribution in [-0.4, -0.2) is 19.6 Å². The summed E-state index contributed by atoms with van der Waals surface area (Å²) in [4.78, 5) is 2.19. The lowest BCUT2D eigenvalue weighted by molar-refractivity contribution is 0.335. The number of nitrogens with zero attached hydrogens (tertiary/aromatic N) is 1. The van der Waals surface area contributed by atoms with Crippen molar-refractivity contribution in [3.05, 3.63) is 29.6 Å². The summed E-state index contributed by atoms with van der Waals surface area (Å²) in [5.41, 5.74) is 1.87. The van der Waals surface area contributed by atoms with Crippen molar-refractivity contribution in [1.82, 2.24) is 5.32 Å². The Balaban J connectivity index is 2.16. The molecule has 0 aliphatic heterocycles. The average Bonchev–Trinajstić information content (AvgIpc) is 2.47. The molecule has 1 aliphatic rings. The summed E-state index contributed by atoms with van der Waals surface area (Å²) in [6.45, 7) is 6.17. The number of benzene rings is 1.